The summed E-state index contributed by atoms with van der Waals surface area (Å²) in [5.74, 6) is -3.32. The molecule has 32 heavy (non-hydrogen) atoms. The lowest BCUT2D eigenvalue weighted by atomic mass is 9.76. The number of nitrogens with one attached hydrogen (secondary N) is 2. The average Bonchev–Trinajstić information content (AvgIpc) is 3.32. The summed E-state index contributed by atoms with van der Waals surface area (Å²) >= 11 is 0. The standard InChI is InChI=1S/C24H24N4O4/c1-12-6-5-7-13(2)20(12)28-21(30)18-16(10-11-17(25)29)27-24(19(18)22(28)31)14-8-3-4-9-15(14)26-23(24)32/h3-9,16,18-19,27H,10-11H2,1-2H3,(H2,25,29)(H,26,32)/t16-,18-,19-,24-/m0/s1. The molecule has 0 saturated carbocycles. The van der Waals surface area contributed by atoms with Gasteiger partial charge in [-0.15, -0.1) is 0 Å². The molecule has 8 heteroatoms. The molecule has 0 aromatic heterocycles. The van der Waals surface area contributed by atoms with E-state index in [0.29, 0.717) is 16.9 Å². The molecule has 0 bridgehead atoms. The van der Waals surface area contributed by atoms with E-state index >= 15 is 0 Å². The number of amides is 4. The first-order valence-corrected chi connectivity index (χ1v) is 10.7. The molecule has 8 nitrogen and oxygen atoms in total. The van der Waals surface area contributed by atoms with Crippen molar-refractivity contribution < 1.29 is 19.2 Å². The third-order valence-electron chi connectivity index (χ3n) is 6.99. The van der Waals surface area contributed by atoms with E-state index in [1.54, 1.807) is 24.3 Å². The highest BCUT2D eigenvalue weighted by Crippen LogP contribution is 2.54. The highest BCUT2D eigenvalue weighted by molar-refractivity contribution is 6.26. The molecule has 2 fully saturated rings. The molecule has 3 aliphatic rings. The van der Waals surface area contributed by atoms with Crippen LogP contribution < -0.4 is 21.3 Å². The summed E-state index contributed by atoms with van der Waals surface area (Å²) in [5.41, 5.74) is 7.43. The summed E-state index contributed by atoms with van der Waals surface area (Å²) in [4.78, 5) is 53.7. The molecule has 3 heterocycles. The molecular formula is C24H24N4O4. The highest BCUT2D eigenvalue weighted by Gasteiger charge is 2.70. The third kappa shape index (κ3) is 2.59. The maximum Gasteiger partial charge on any atom is 0.250 e. The Morgan fingerprint density at radius 1 is 1.03 bits per heavy atom. The molecule has 0 aliphatic carbocycles. The van der Waals surface area contributed by atoms with E-state index in [-0.39, 0.29) is 24.7 Å². The van der Waals surface area contributed by atoms with E-state index < -0.39 is 35.2 Å². The Kier molecular flexibility index (Phi) is 4.46. The van der Waals surface area contributed by atoms with Crippen molar-refractivity contribution in [3.8, 4) is 0 Å². The van der Waals surface area contributed by atoms with Gasteiger partial charge in [-0.05, 0) is 37.5 Å². The van der Waals surface area contributed by atoms with Crippen LogP contribution in [0.1, 0.15) is 29.5 Å². The molecule has 1 spiro atoms. The van der Waals surface area contributed by atoms with Crippen molar-refractivity contribution >= 4 is 35.0 Å². The fourth-order valence-electron chi connectivity index (χ4n) is 5.68. The number of nitrogens with zero attached hydrogens (tertiary/aromatic N) is 1. The number of carbonyl (C=O) groups is 4. The SMILES string of the molecule is Cc1cccc(C)c1N1C(=O)[C@H]2[C@H](CCC(N)=O)N[C@]3(C(=O)Nc4ccccc43)[C@@H]2C1=O. The second-order valence-electron chi connectivity index (χ2n) is 8.82. The van der Waals surface area contributed by atoms with Gasteiger partial charge < -0.3 is 11.1 Å². The van der Waals surface area contributed by atoms with Gasteiger partial charge in [-0.25, -0.2) is 4.90 Å². The molecule has 0 radical (unpaired) electrons. The smallest absolute Gasteiger partial charge is 0.250 e. The summed E-state index contributed by atoms with van der Waals surface area (Å²) in [5, 5.41) is 6.17. The van der Waals surface area contributed by atoms with Crippen LogP contribution in [0, 0.1) is 25.7 Å². The number of hydrogen-bond acceptors (Lipinski definition) is 5. The van der Waals surface area contributed by atoms with Crippen LogP contribution in [0.25, 0.3) is 0 Å². The van der Waals surface area contributed by atoms with Crippen LogP contribution >= 0.6 is 0 Å². The fourth-order valence-corrected chi connectivity index (χ4v) is 5.68. The Hall–Kier alpha value is -3.52. The number of anilines is 2. The van der Waals surface area contributed by atoms with Gasteiger partial charge in [-0.1, -0.05) is 36.4 Å². The van der Waals surface area contributed by atoms with Gasteiger partial charge in [0.15, 0.2) is 0 Å². The number of para-hydroxylation sites is 2. The Labute approximate surface area is 185 Å². The summed E-state index contributed by atoms with van der Waals surface area (Å²) in [6.07, 6.45) is 0.304. The number of aryl methyl sites for hydroxylation is 2. The number of carbonyl (C=O) groups excluding carboxylic acids is 4. The highest BCUT2D eigenvalue weighted by atomic mass is 16.2. The van der Waals surface area contributed by atoms with Gasteiger partial charge in [-0.3, -0.25) is 24.5 Å². The van der Waals surface area contributed by atoms with Crippen LogP contribution in [0.3, 0.4) is 0 Å². The minimum atomic E-state index is -1.37. The third-order valence-corrected chi connectivity index (χ3v) is 6.99. The van der Waals surface area contributed by atoms with Crippen LogP contribution in [-0.2, 0) is 24.7 Å². The number of nitrogens with two attached hydrogens (primary N) is 1. The van der Waals surface area contributed by atoms with Crippen LogP contribution in [0.4, 0.5) is 11.4 Å². The Bertz CT molecular complexity index is 1170. The normalized spacial score (nSPS) is 28.2. The minimum absolute atomic E-state index is 0.0467. The summed E-state index contributed by atoms with van der Waals surface area (Å²) in [6, 6.07) is 12.2. The van der Waals surface area contributed by atoms with Crippen LogP contribution in [-0.4, -0.2) is 29.7 Å². The first kappa shape index (κ1) is 20.4. The van der Waals surface area contributed by atoms with Crippen LogP contribution in [0.2, 0.25) is 0 Å². The molecular weight excluding hydrogens is 408 g/mol. The molecule has 4 atom stereocenters. The summed E-state index contributed by atoms with van der Waals surface area (Å²) in [6.45, 7) is 3.71. The number of rotatable bonds is 4. The number of primary amides is 1. The minimum Gasteiger partial charge on any atom is -0.370 e. The monoisotopic (exact) mass is 432 g/mol. The van der Waals surface area contributed by atoms with Gasteiger partial charge in [0.05, 0.1) is 17.5 Å². The van der Waals surface area contributed by atoms with Crippen molar-refractivity contribution in [1.29, 1.82) is 0 Å². The van der Waals surface area contributed by atoms with Gasteiger partial charge in [0.25, 0.3) is 0 Å². The maximum absolute atomic E-state index is 13.9. The van der Waals surface area contributed by atoms with Gasteiger partial charge in [-0.2, -0.15) is 0 Å². The lowest BCUT2D eigenvalue weighted by Crippen LogP contribution is -2.53. The van der Waals surface area contributed by atoms with E-state index in [0.717, 1.165) is 11.1 Å². The van der Waals surface area contributed by atoms with Gasteiger partial charge in [0.2, 0.25) is 23.6 Å². The Morgan fingerprint density at radius 3 is 2.41 bits per heavy atom. The van der Waals surface area contributed by atoms with Crippen molar-refractivity contribution in [2.45, 2.75) is 38.3 Å². The molecule has 4 amide bonds. The second-order valence-corrected chi connectivity index (χ2v) is 8.82. The van der Waals surface area contributed by atoms with Gasteiger partial charge >= 0.3 is 0 Å². The van der Waals surface area contributed by atoms with Gasteiger partial charge in [0, 0.05) is 23.7 Å². The first-order valence-electron chi connectivity index (χ1n) is 10.7. The molecule has 2 saturated heterocycles. The van der Waals surface area contributed by atoms with E-state index in [4.69, 9.17) is 5.73 Å². The number of imide groups is 1. The molecule has 2 aromatic carbocycles. The quantitative estimate of drug-likeness (QED) is 0.632. The maximum atomic E-state index is 13.9. The zero-order valence-corrected chi connectivity index (χ0v) is 17.8. The van der Waals surface area contributed by atoms with Crippen molar-refractivity contribution in [3.05, 3.63) is 59.2 Å². The second kappa shape index (κ2) is 7.00. The van der Waals surface area contributed by atoms with Crippen LogP contribution in [0.15, 0.2) is 42.5 Å². The zero-order valence-electron chi connectivity index (χ0n) is 17.8. The lowest BCUT2D eigenvalue weighted by molar-refractivity contribution is -0.130. The van der Waals surface area contributed by atoms with Gasteiger partial charge in [0.1, 0.15) is 5.54 Å². The summed E-state index contributed by atoms with van der Waals surface area (Å²) < 4.78 is 0. The molecule has 3 aliphatic heterocycles. The number of benzene rings is 2. The van der Waals surface area contributed by atoms with E-state index in [2.05, 4.69) is 10.6 Å². The largest absolute Gasteiger partial charge is 0.370 e. The predicted molar refractivity (Wildman–Crippen MR) is 117 cm³/mol. The summed E-state index contributed by atoms with van der Waals surface area (Å²) in [7, 11) is 0. The van der Waals surface area contributed by atoms with E-state index in [1.807, 2.05) is 32.0 Å². The van der Waals surface area contributed by atoms with E-state index in [9.17, 15) is 19.2 Å². The van der Waals surface area contributed by atoms with Crippen molar-refractivity contribution in [2.75, 3.05) is 10.2 Å². The molecule has 2 aromatic rings. The number of fused-ring (bicyclic) bond motifs is 4. The molecule has 4 N–H and O–H groups in total. The lowest BCUT2D eigenvalue weighted by Gasteiger charge is -2.30. The Balaban J connectivity index is 1.67. The predicted octanol–water partition coefficient (Wildman–Crippen LogP) is 1.49. The Morgan fingerprint density at radius 2 is 1.72 bits per heavy atom. The number of hydrogen-bond donors (Lipinski definition) is 3. The molecule has 0 unspecified atom stereocenters. The van der Waals surface area contributed by atoms with Crippen molar-refractivity contribution in [3.63, 3.8) is 0 Å². The topological polar surface area (TPSA) is 122 Å². The van der Waals surface area contributed by atoms with Crippen molar-refractivity contribution in [2.24, 2.45) is 17.6 Å². The first-order chi connectivity index (χ1) is 15.3. The average molecular weight is 432 g/mol. The molecule has 164 valence electrons. The van der Waals surface area contributed by atoms with Crippen molar-refractivity contribution in [1.82, 2.24) is 5.32 Å². The van der Waals surface area contributed by atoms with Crippen LogP contribution in [0.5, 0.6) is 0 Å². The molecule has 5 rings (SSSR count). The fraction of sp³-hybridized carbons (Fsp3) is 0.333. The van der Waals surface area contributed by atoms with E-state index in [1.165, 1.54) is 4.90 Å². The zero-order chi connectivity index (χ0) is 22.8.